The molecular weight excluding hydrogens is 244 g/mol. The van der Waals surface area contributed by atoms with Crippen LogP contribution in [0.25, 0.3) is 0 Å². The van der Waals surface area contributed by atoms with Gasteiger partial charge in [0.15, 0.2) is 11.5 Å². The molecule has 1 aromatic carbocycles. The first-order valence-electron chi connectivity index (χ1n) is 5.01. The van der Waals surface area contributed by atoms with Crippen molar-refractivity contribution in [1.29, 1.82) is 0 Å². The summed E-state index contributed by atoms with van der Waals surface area (Å²) in [6.45, 7) is 1.50. The summed E-state index contributed by atoms with van der Waals surface area (Å²) in [7, 11) is 4.50. The largest absolute Gasteiger partial charge is 0.495 e. The van der Waals surface area contributed by atoms with Gasteiger partial charge in [-0.1, -0.05) is 11.6 Å². The Balaban J connectivity index is 3.39. The fourth-order valence-electron chi connectivity index (χ4n) is 1.60. The third-order valence-corrected chi connectivity index (χ3v) is 2.63. The molecule has 0 aliphatic rings. The Morgan fingerprint density at radius 1 is 1.18 bits per heavy atom. The molecule has 0 saturated carbocycles. The first-order chi connectivity index (χ1) is 8.04. The van der Waals surface area contributed by atoms with E-state index in [0.29, 0.717) is 27.8 Å². The van der Waals surface area contributed by atoms with Crippen LogP contribution in [0.4, 0.5) is 0 Å². The Morgan fingerprint density at radius 3 is 2.18 bits per heavy atom. The van der Waals surface area contributed by atoms with Gasteiger partial charge in [0.1, 0.15) is 16.6 Å². The Labute approximate surface area is 105 Å². The summed E-state index contributed by atoms with van der Waals surface area (Å²) in [5.74, 6) is 1.35. The molecular formula is C12H15ClO4. The van der Waals surface area contributed by atoms with Crippen molar-refractivity contribution in [2.75, 3.05) is 21.3 Å². The standard InChI is InChI=1S/C12H15ClO4/c1-7(14)5-8-6-9(15-2)12(17-4)10(13)11(8)16-3/h6H,5H2,1-4H3. The topological polar surface area (TPSA) is 44.8 Å². The average molecular weight is 259 g/mol. The number of ether oxygens (including phenoxy) is 3. The highest BCUT2D eigenvalue weighted by Gasteiger charge is 2.19. The van der Waals surface area contributed by atoms with Gasteiger partial charge in [-0.05, 0) is 13.0 Å². The lowest BCUT2D eigenvalue weighted by molar-refractivity contribution is -0.116. The van der Waals surface area contributed by atoms with Crippen LogP contribution in [0.5, 0.6) is 17.2 Å². The van der Waals surface area contributed by atoms with Gasteiger partial charge in [-0.3, -0.25) is 4.79 Å². The van der Waals surface area contributed by atoms with Gasteiger partial charge in [0.05, 0.1) is 21.3 Å². The Morgan fingerprint density at radius 2 is 1.76 bits per heavy atom. The van der Waals surface area contributed by atoms with Crippen LogP contribution < -0.4 is 14.2 Å². The highest BCUT2D eigenvalue weighted by Crippen LogP contribution is 2.44. The van der Waals surface area contributed by atoms with Gasteiger partial charge in [0, 0.05) is 12.0 Å². The van der Waals surface area contributed by atoms with E-state index in [1.54, 1.807) is 6.07 Å². The lowest BCUT2D eigenvalue weighted by Crippen LogP contribution is -2.02. The molecule has 0 amide bonds. The highest BCUT2D eigenvalue weighted by molar-refractivity contribution is 6.34. The van der Waals surface area contributed by atoms with Crippen molar-refractivity contribution in [3.8, 4) is 17.2 Å². The fourth-order valence-corrected chi connectivity index (χ4v) is 1.97. The van der Waals surface area contributed by atoms with Crippen LogP contribution in [0.3, 0.4) is 0 Å². The van der Waals surface area contributed by atoms with Gasteiger partial charge in [-0.25, -0.2) is 0 Å². The quantitative estimate of drug-likeness (QED) is 0.814. The maximum absolute atomic E-state index is 11.2. The van der Waals surface area contributed by atoms with Gasteiger partial charge >= 0.3 is 0 Å². The molecule has 0 atom stereocenters. The zero-order valence-electron chi connectivity index (χ0n) is 10.3. The first kappa shape index (κ1) is 13.6. The molecule has 0 radical (unpaired) electrons. The minimum absolute atomic E-state index is 0.0200. The molecule has 0 spiro atoms. The second-order valence-corrected chi connectivity index (χ2v) is 3.88. The molecule has 0 bridgehead atoms. The zero-order valence-corrected chi connectivity index (χ0v) is 11.1. The first-order valence-corrected chi connectivity index (χ1v) is 5.39. The molecule has 0 aliphatic carbocycles. The number of benzene rings is 1. The molecule has 0 unspecified atom stereocenters. The number of carbonyl (C=O) groups excluding carboxylic acids is 1. The molecule has 17 heavy (non-hydrogen) atoms. The third kappa shape index (κ3) is 2.82. The highest BCUT2D eigenvalue weighted by atomic mass is 35.5. The number of halogens is 1. The van der Waals surface area contributed by atoms with E-state index < -0.39 is 0 Å². The van der Waals surface area contributed by atoms with Crippen LogP contribution in [0, 0.1) is 0 Å². The van der Waals surface area contributed by atoms with Crippen molar-refractivity contribution in [3.63, 3.8) is 0 Å². The van der Waals surface area contributed by atoms with Crippen LogP contribution in [-0.4, -0.2) is 27.1 Å². The Bertz CT molecular complexity index is 429. The van der Waals surface area contributed by atoms with E-state index in [-0.39, 0.29) is 12.2 Å². The summed E-state index contributed by atoms with van der Waals surface area (Å²) >= 11 is 6.14. The van der Waals surface area contributed by atoms with E-state index in [1.165, 1.54) is 28.3 Å². The van der Waals surface area contributed by atoms with E-state index in [1.807, 2.05) is 0 Å². The molecule has 0 aromatic heterocycles. The predicted octanol–water partition coefficient (Wildman–Crippen LogP) is 2.50. The van der Waals surface area contributed by atoms with Gasteiger partial charge in [0.2, 0.25) is 0 Å². The maximum atomic E-state index is 11.2. The van der Waals surface area contributed by atoms with E-state index in [2.05, 4.69) is 0 Å². The second kappa shape index (κ2) is 5.77. The van der Waals surface area contributed by atoms with E-state index in [0.717, 1.165) is 0 Å². The number of hydrogen-bond donors (Lipinski definition) is 0. The summed E-state index contributed by atoms with van der Waals surface area (Å²) in [5, 5.41) is 0.311. The monoisotopic (exact) mass is 258 g/mol. The number of hydrogen-bond acceptors (Lipinski definition) is 4. The summed E-state index contributed by atoms with van der Waals surface area (Å²) < 4.78 is 15.5. The van der Waals surface area contributed by atoms with E-state index in [9.17, 15) is 4.79 Å². The normalized spacial score (nSPS) is 9.94. The third-order valence-electron chi connectivity index (χ3n) is 2.29. The molecule has 1 aromatic rings. The summed E-state index contributed by atoms with van der Waals surface area (Å²) in [6, 6.07) is 1.70. The van der Waals surface area contributed by atoms with Crippen molar-refractivity contribution in [2.24, 2.45) is 0 Å². The number of rotatable bonds is 5. The van der Waals surface area contributed by atoms with E-state index >= 15 is 0 Å². The molecule has 0 aliphatic heterocycles. The smallest absolute Gasteiger partial charge is 0.183 e. The molecule has 4 nitrogen and oxygen atoms in total. The summed E-state index contributed by atoms with van der Waals surface area (Å²) in [4.78, 5) is 11.2. The number of Topliss-reactive ketones (excluding diaryl/α,β-unsaturated/α-hetero) is 1. The van der Waals surface area contributed by atoms with Crippen LogP contribution in [0.1, 0.15) is 12.5 Å². The number of methoxy groups -OCH3 is 3. The fraction of sp³-hybridized carbons (Fsp3) is 0.417. The minimum Gasteiger partial charge on any atom is -0.495 e. The average Bonchev–Trinajstić information content (AvgIpc) is 2.28. The molecule has 0 fully saturated rings. The van der Waals surface area contributed by atoms with Crippen molar-refractivity contribution in [3.05, 3.63) is 16.7 Å². The SMILES string of the molecule is COc1cc(CC(C)=O)c(OC)c(Cl)c1OC. The van der Waals surface area contributed by atoms with Gasteiger partial charge < -0.3 is 14.2 Å². The van der Waals surface area contributed by atoms with Crippen LogP contribution in [-0.2, 0) is 11.2 Å². The summed E-state index contributed by atoms with van der Waals surface area (Å²) in [6.07, 6.45) is 0.239. The van der Waals surface area contributed by atoms with Crippen molar-refractivity contribution in [1.82, 2.24) is 0 Å². The van der Waals surface area contributed by atoms with Gasteiger partial charge in [-0.15, -0.1) is 0 Å². The minimum atomic E-state index is 0.0200. The molecule has 0 N–H and O–H groups in total. The Hall–Kier alpha value is -1.42. The van der Waals surface area contributed by atoms with E-state index in [4.69, 9.17) is 25.8 Å². The lowest BCUT2D eigenvalue weighted by Gasteiger charge is -2.15. The zero-order chi connectivity index (χ0) is 13.0. The molecule has 0 heterocycles. The van der Waals surface area contributed by atoms with Crippen LogP contribution in [0.2, 0.25) is 5.02 Å². The lowest BCUT2D eigenvalue weighted by atomic mass is 10.1. The van der Waals surface area contributed by atoms with Crippen LogP contribution >= 0.6 is 11.6 Å². The number of carbonyl (C=O) groups is 1. The van der Waals surface area contributed by atoms with Gasteiger partial charge in [0.25, 0.3) is 0 Å². The summed E-state index contributed by atoms with van der Waals surface area (Å²) in [5.41, 5.74) is 0.683. The maximum Gasteiger partial charge on any atom is 0.183 e. The molecule has 0 saturated heterocycles. The van der Waals surface area contributed by atoms with Crippen molar-refractivity contribution in [2.45, 2.75) is 13.3 Å². The second-order valence-electron chi connectivity index (χ2n) is 3.50. The van der Waals surface area contributed by atoms with Crippen molar-refractivity contribution >= 4 is 17.4 Å². The van der Waals surface area contributed by atoms with Gasteiger partial charge in [-0.2, -0.15) is 0 Å². The molecule has 1 rings (SSSR count). The van der Waals surface area contributed by atoms with Crippen LogP contribution in [0.15, 0.2) is 6.07 Å². The van der Waals surface area contributed by atoms with Crippen molar-refractivity contribution < 1.29 is 19.0 Å². The number of ketones is 1. The Kier molecular flexibility index (Phi) is 4.63. The predicted molar refractivity (Wildman–Crippen MR) is 65.5 cm³/mol. The molecule has 94 valence electrons. The molecule has 5 heteroatoms.